The van der Waals surface area contributed by atoms with Gasteiger partial charge < -0.3 is 5.43 Å². The molecule has 1 aromatic rings. The van der Waals surface area contributed by atoms with Crippen LogP contribution in [-0.2, 0) is 0 Å². The Labute approximate surface area is 127 Å². The number of hydrogen-bond acceptors (Lipinski definition) is 2. The minimum atomic E-state index is 0.371. The van der Waals surface area contributed by atoms with Crippen molar-refractivity contribution >= 4 is 33.4 Å². The minimum absolute atomic E-state index is 0.371. The van der Waals surface area contributed by atoms with E-state index in [1.807, 2.05) is 18.2 Å². The van der Waals surface area contributed by atoms with Crippen molar-refractivity contribution in [2.75, 3.05) is 0 Å². The monoisotopic (exact) mass is 343 g/mol. The molecule has 3 N–H and O–H groups in total. The Morgan fingerprint density at radius 1 is 1.26 bits per heavy atom. The first-order chi connectivity index (χ1) is 9.20. The SMILES string of the molecule is NNC(=NC1CCCCCC1)c1ccc(Cl)cc1Br. The first-order valence-electron chi connectivity index (χ1n) is 6.70. The topological polar surface area (TPSA) is 50.4 Å². The van der Waals surface area contributed by atoms with Crippen molar-refractivity contribution < 1.29 is 0 Å². The lowest BCUT2D eigenvalue weighted by Crippen LogP contribution is -2.32. The highest BCUT2D eigenvalue weighted by atomic mass is 79.9. The zero-order valence-corrected chi connectivity index (χ0v) is 13.2. The number of hydrazine groups is 1. The van der Waals surface area contributed by atoms with Gasteiger partial charge in [-0.2, -0.15) is 0 Å². The summed E-state index contributed by atoms with van der Waals surface area (Å²) in [5, 5.41) is 0.696. The molecule has 0 aliphatic heterocycles. The van der Waals surface area contributed by atoms with Gasteiger partial charge in [-0.3, -0.25) is 4.99 Å². The molecule has 104 valence electrons. The van der Waals surface area contributed by atoms with E-state index in [2.05, 4.69) is 21.4 Å². The van der Waals surface area contributed by atoms with Crippen LogP contribution in [0.2, 0.25) is 5.02 Å². The van der Waals surface area contributed by atoms with Crippen molar-refractivity contribution in [3.05, 3.63) is 33.3 Å². The maximum absolute atomic E-state index is 5.96. The van der Waals surface area contributed by atoms with E-state index in [0.29, 0.717) is 11.1 Å². The fraction of sp³-hybridized carbons (Fsp3) is 0.500. The Morgan fingerprint density at radius 3 is 2.53 bits per heavy atom. The normalized spacial score (nSPS) is 18.2. The van der Waals surface area contributed by atoms with Crippen LogP contribution in [0.3, 0.4) is 0 Å². The summed E-state index contributed by atoms with van der Waals surface area (Å²) in [6.07, 6.45) is 7.46. The van der Waals surface area contributed by atoms with E-state index in [0.717, 1.165) is 28.7 Å². The summed E-state index contributed by atoms with van der Waals surface area (Å²) in [7, 11) is 0. The van der Waals surface area contributed by atoms with Gasteiger partial charge in [-0.15, -0.1) is 0 Å². The van der Waals surface area contributed by atoms with Crippen LogP contribution in [-0.4, -0.2) is 11.9 Å². The summed E-state index contributed by atoms with van der Waals surface area (Å²) in [6, 6.07) is 6.01. The lowest BCUT2D eigenvalue weighted by molar-refractivity contribution is 0.583. The average molecular weight is 345 g/mol. The van der Waals surface area contributed by atoms with Crippen LogP contribution in [0.4, 0.5) is 0 Å². The van der Waals surface area contributed by atoms with Crippen LogP contribution < -0.4 is 11.3 Å². The third-order valence-corrected chi connectivity index (χ3v) is 4.35. The number of aliphatic imine (C=N–C) groups is 1. The highest BCUT2D eigenvalue weighted by molar-refractivity contribution is 9.10. The van der Waals surface area contributed by atoms with Crippen molar-refractivity contribution in [1.29, 1.82) is 0 Å². The van der Waals surface area contributed by atoms with Crippen LogP contribution in [0.25, 0.3) is 0 Å². The number of benzene rings is 1. The number of amidine groups is 1. The van der Waals surface area contributed by atoms with Crippen molar-refractivity contribution in [3.8, 4) is 0 Å². The van der Waals surface area contributed by atoms with Gasteiger partial charge in [0.25, 0.3) is 0 Å². The molecule has 1 aliphatic carbocycles. The molecule has 0 spiro atoms. The van der Waals surface area contributed by atoms with Crippen LogP contribution in [0, 0.1) is 0 Å². The number of nitrogens with one attached hydrogen (secondary N) is 1. The molecule has 0 atom stereocenters. The Kier molecular flexibility index (Phi) is 5.67. The standard InChI is InChI=1S/C14H19BrClN3/c15-13-9-10(16)7-8-12(13)14(19-17)18-11-5-3-1-2-4-6-11/h7-9,11H,1-6,17H2,(H,18,19). The quantitative estimate of drug-likeness (QED) is 0.280. The third-order valence-electron chi connectivity index (χ3n) is 3.46. The van der Waals surface area contributed by atoms with Crippen LogP contribution in [0.5, 0.6) is 0 Å². The summed E-state index contributed by atoms with van der Waals surface area (Å²) in [5.74, 6) is 6.37. The lowest BCUT2D eigenvalue weighted by Gasteiger charge is -2.14. The second-order valence-electron chi connectivity index (χ2n) is 4.89. The summed E-state index contributed by atoms with van der Waals surface area (Å²) in [4.78, 5) is 4.78. The van der Waals surface area contributed by atoms with Crippen LogP contribution >= 0.6 is 27.5 Å². The molecule has 0 unspecified atom stereocenters. The van der Waals surface area contributed by atoms with E-state index in [9.17, 15) is 0 Å². The Bertz CT molecular complexity index is 454. The maximum Gasteiger partial charge on any atom is 0.143 e. The van der Waals surface area contributed by atoms with Gasteiger partial charge in [0.05, 0.1) is 6.04 Å². The summed E-state index contributed by atoms with van der Waals surface area (Å²) < 4.78 is 0.908. The summed E-state index contributed by atoms with van der Waals surface area (Å²) in [6.45, 7) is 0. The molecular formula is C14H19BrClN3. The number of halogens is 2. The summed E-state index contributed by atoms with van der Waals surface area (Å²) in [5.41, 5.74) is 3.68. The Morgan fingerprint density at radius 2 is 1.95 bits per heavy atom. The molecule has 0 radical (unpaired) electrons. The number of nitrogens with two attached hydrogens (primary N) is 1. The molecule has 1 aliphatic rings. The molecule has 1 fully saturated rings. The molecule has 2 rings (SSSR count). The van der Waals surface area contributed by atoms with Crippen LogP contribution in [0.1, 0.15) is 44.1 Å². The first-order valence-corrected chi connectivity index (χ1v) is 7.87. The molecule has 1 saturated carbocycles. The molecule has 0 bridgehead atoms. The predicted octanol–water partition coefficient (Wildman–Crippen LogP) is 4.04. The highest BCUT2D eigenvalue weighted by Gasteiger charge is 2.14. The molecular weight excluding hydrogens is 326 g/mol. The van der Waals surface area contributed by atoms with Gasteiger partial charge in [0.1, 0.15) is 5.84 Å². The molecule has 5 heteroatoms. The minimum Gasteiger partial charge on any atom is -0.308 e. The number of nitrogens with zero attached hydrogens (tertiary/aromatic N) is 1. The Balaban J connectivity index is 2.22. The third kappa shape index (κ3) is 4.20. The largest absolute Gasteiger partial charge is 0.308 e. The van der Waals surface area contributed by atoms with Crippen molar-refractivity contribution in [2.45, 2.75) is 44.6 Å². The van der Waals surface area contributed by atoms with Crippen molar-refractivity contribution in [1.82, 2.24) is 5.43 Å². The van der Waals surface area contributed by atoms with E-state index in [-0.39, 0.29) is 0 Å². The lowest BCUT2D eigenvalue weighted by atomic mass is 10.1. The number of rotatable bonds is 2. The average Bonchev–Trinajstić information content (AvgIpc) is 2.65. The molecule has 1 aromatic carbocycles. The molecule has 0 amide bonds. The van der Waals surface area contributed by atoms with Gasteiger partial charge in [0.2, 0.25) is 0 Å². The van der Waals surface area contributed by atoms with E-state index >= 15 is 0 Å². The maximum atomic E-state index is 5.96. The van der Waals surface area contributed by atoms with E-state index in [1.54, 1.807) is 0 Å². The molecule has 0 heterocycles. The van der Waals surface area contributed by atoms with Gasteiger partial charge in [-0.1, -0.05) is 37.3 Å². The van der Waals surface area contributed by atoms with E-state index < -0.39 is 0 Å². The second kappa shape index (κ2) is 7.27. The molecule has 0 saturated heterocycles. The highest BCUT2D eigenvalue weighted by Crippen LogP contribution is 2.24. The van der Waals surface area contributed by atoms with Gasteiger partial charge in [-0.05, 0) is 47.0 Å². The fourth-order valence-corrected chi connectivity index (χ4v) is 3.31. The molecule has 3 nitrogen and oxygen atoms in total. The van der Waals surface area contributed by atoms with Crippen molar-refractivity contribution in [2.24, 2.45) is 10.8 Å². The molecule has 0 aromatic heterocycles. The first kappa shape index (κ1) is 14.8. The van der Waals surface area contributed by atoms with Crippen LogP contribution in [0.15, 0.2) is 27.7 Å². The Hall–Kier alpha value is -0.580. The van der Waals surface area contributed by atoms with Crippen molar-refractivity contribution in [3.63, 3.8) is 0 Å². The predicted molar refractivity (Wildman–Crippen MR) is 84.5 cm³/mol. The number of hydrogen-bond donors (Lipinski definition) is 2. The van der Waals surface area contributed by atoms with Gasteiger partial charge in [-0.25, -0.2) is 5.84 Å². The fourth-order valence-electron chi connectivity index (χ4n) is 2.44. The van der Waals surface area contributed by atoms with Gasteiger partial charge in [0.15, 0.2) is 0 Å². The molecule has 19 heavy (non-hydrogen) atoms. The van der Waals surface area contributed by atoms with E-state index in [1.165, 1.54) is 25.7 Å². The zero-order valence-electron chi connectivity index (χ0n) is 10.8. The van der Waals surface area contributed by atoms with E-state index in [4.69, 9.17) is 22.4 Å². The van der Waals surface area contributed by atoms with Gasteiger partial charge >= 0.3 is 0 Å². The second-order valence-corrected chi connectivity index (χ2v) is 6.18. The zero-order chi connectivity index (χ0) is 13.7. The smallest absolute Gasteiger partial charge is 0.143 e. The van der Waals surface area contributed by atoms with Gasteiger partial charge in [0, 0.05) is 15.1 Å². The summed E-state index contributed by atoms with van der Waals surface area (Å²) >= 11 is 9.46.